The van der Waals surface area contributed by atoms with Crippen LogP contribution in [0.1, 0.15) is 238 Å². The molecule has 0 aliphatic carbocycles. The molecule has 43 heteroatoms. The summed E-state index contributed by atoms with van der Waals surface area (Å²) in [6.07, 6.45) is 0.0696. The number of aliphatic hydroxyl groups is 1. The number of rotatable bonds is 13. The number of likely N-dealkylation sites (tertiary alicyclic amines) is 3. The maximum absolute atomic E-state index is 12.8. The van der Waals surface area contributed by atoms with E-state index < -0.39 is 182 Å². The molecule has 0 spiro atoms. The van der Waals surface area contributed by atoms with Gasteiger partial charge in [-0.15, -0.1) is 9.98 Å². The molecule has 11 N–H and O–H groups in total. The Balaban J connectivity index is 0.000000199. The molecule has 4 unspecified atom stereocenters. The molecule has 6 bridgehead atoms. The highest BCUT2D eigenvalue weighted by Gasteiger charge is 2.66. The van der Waals surface area contributed by atoms with Crippen LogP contribution in [0.4, 0.5) is 24.0 Å². The van der Waals surface area contributed by atoms with Crippen LogP contribution in [-0.4, -0.2) is 219 Å². The van der Waals surface area contributed by atoms with Crippen molar-refractivity contribution in [3.8, 4) is 0 Å². The number of amides is 5. The molecule has 12 rings (SSSR count). The minimum absolute atomic E-state index is 0.0188. The Hall–Kier alpha value is -11.7. The summed E-state index contributed by atoms with van der Waals surface area (Å²) in [6.45, 7) is 48.6. The van der Waals surface area contributed by atoms with Gasteiger partial charge in [0.1, 0.15) is 51.6 Å². The van der Waals surface area contributed by atoms with Crippen LogP contribution in [0.25, 0.3) is 0 Å². The molecule has 16 atom stereocenters. The van der Waals surface area contributed by atoms with Crippen LogP contribution in [0.15, 0.2) is 108 Å². The Morgan fingerprint density at radius 1 is 0.473 bits per heavy atom. The van der Waals surface area contributed by atoms with E-state index in [1.54, 1.807) is 153 Å². The first-order valence-electron chi connectivity index (χ1n) is 43.7. The molecule has 1 aromatic carbocycles. The molecule has 43 nitrogen and oxygen atoms in total. The van der Waals surface area contributed by atoms with Crippen molar-refractivity contribution in [3.63, 3.8) is 0 Å². The number of guanidine groups is 3. The van der Waals surface area contributed by atoms with Crippen molar-refractivity contribution in [1.29, 1.82) is 5.41 Å². The predicted molar refractivity (Wildman–Crippen MR) is 482 cm³/mol. The van der Waals surface area contributed by atoms with E-state index in [4.69, 9.17) is 58.5 Å². The number of aliphatic imine (C=N–C) groups is 3. The van der Waals surface area contributed by atoms with E-state index in [-0.39, 0.29) is 54.1 Å². The maximum Gasteiger partial charge on any atom is 0.437 e. The number of amidine groups is 1. The summed E-state index contributed by atoms with van der Waals surface area (Å²) in [5.41, 5.74) is -3.14. The summed E-state index contributed by atoms with van der Waals surface area (Å²) in [5.74, 6) is -0.0337. The fraction of sp³-hybridized carbons (Fsp3) is 0.648. The zero-order valence-electron chi connectivity index (χ0n) is 79.9. The Bertz CT molecular complexity index is 5490. The molecule has 7 aliphatic heterocycles. The van der Waals surface area contributed by atoms with Crippen molar-refractivity contribution in [3.05, 3.63) is 166 Å². The number of aryl methyl sites for hydroxylation is 4. The Labute approximate surface area is 757 Å². The molecule has 7 fully saturated rings. The van der Waals surface area contributed by atoms with E-state index in [1.807, 2.05) is 71.9 Å². The molecule has 722 valence electrons. The lowest BCUT2D eigenvalue weighted by molar-refractivity contribution is -0.145. The maximum atomic E-state index is 12.8. The van der Waals surface area contributed by atoms with Crippen molar-refractivity contribution in [2.75, 3.05) is 26.2 Å². The van der Waals surface area contributed by atoms with Gasteiger partial charge in [-0.25, -0.2) is 43.2 Å². The van der Waals surface area contributed by atoms with E-state index >= 15 is 0 Å². The van der Waals surface area contributed by atoms with E-state index in [0.29, 0.717) is 61.2 Å². The van der Waals surface area contributed by atoms with Crippen LogP contribution >= 0.6 is 0 Å². The number of alkyl carbamates (subject to hydrolysis) is 3. The van der Waals surface area contributed by atoms with Gasteiger partial charge in [-0.2, -0.15) is 0 Å². The number of morpholine rings is 3. The average molecular weight is 1840 g/mol. The summed E-state index contributed by atoms with van der Waals surface area (Å²) in [5, 5.41) is 26.0. The number of aliphatic hydroxyl groups excluding tert-OH is 1. The first-order valence-corrected chi connectivity index (χ1v) is 43.7. The van der Waals surface area contributed by atoms with Gasteiger partial charge in [0.15, 0.2) is 30.9 Å². The highest BCUT2D eigenvalue weighted by Crippen LogP contribution is 2.55. The first-order chi connectivity index (χ1) is 60.6. The molecule has 0 saturated carbocycles. The summed E-state index contributed by atoms with van der Waals surface area (Å²) in [4.78, 5) is 188. The molecule has 5 aromatic rings. The van der Waals surface area contributed by atoms with Crippen LogP contribution in [0, 0.1) is 50.9 Å². The molecule has 5 amide bonds. The average Bonchev–Trinajstić information content (AvgIpc) is 1.56. The van der Waals surface area contributed by atoms with Gasteiger partial charge in [-0.3, -0.25) is 83.7 Å². The molecule has 11 heterocycles. The van der Waals surface area contributed by atoms with Gasteiger partial charge in [0.05, 0.1) is 67.8 Å². The van der Waals surface area contributed by atoms with E-state index in [9.17, 15) is 67.4 Å². The monoisotopic (exact) mass is 1840 g/mol. The number of hydrogen-bond acceptors (Lipinski definition) is 26. The van der Waals surface area contributed by atoms with Gasteiger partial charge in [-0.1, -0.05) is 78.8 Å². The summed E-state index contributed by atoms with van der Waals surface area (Å²) >= 11 is 0. The van der Waals surface area contributed by atoms with Crippen LogP contribution in [0.2, 0.25) is 0 Å². The third kappa shape index (κ3) is 23.6. The van der Waals surface area contributed by atoms with E-state index in [1.165, 1.54) is 43.1 Å². The molecular formula is C88H131N19O24. The minimum Gasteiger partial charge on any atom is -0.444 e. The normalized spacial score (nSPS) is 26.8. The SMILES string of the molecule is CC[C@@]1(CO)O[C@@H](n2cc(C)c(=O)[nH]c2=O)[C@@H](N=C(C)NC(=O)OC(C)(C)C)C1OCc1ccccc1.CC[C@]12CN(C(=N)N)[C@@H](C1C)[C@H](n1cc(C)c(=O)[nH]c1=O)O2.CC[C@]12CN(C(=NC(=O)OC(C)(C)C)NC(=O)OC(C)(C)C)[C@@H](C1C)[C@H](n1cc(C)c(=O)[nH]c1=O)O2.CC[C@]12CN(C(=NC(=O)OC(C)(C)C)NC(=O)OC(C)(C)C)[C@@H](C1C)[C@H](n1cc(C)c(=O)[nH]c1=O)O2. The Morgan fingerprint density at radius 3 is 1.07 bits per heavy atom. The molecule has 4 aromatic heterocycles. The van der Waals surface area contributed by atoms with Gasteiger partial charge in [0.2, 0.25) is 11.9 Å². The molecule has 131 heavy (non-hydrogen) atoms. The minimum atomic E-state index is -1.21. The number of fused-ring (bicyclic) bond motifs is 6. The van der Waals surface area contributed by atoms with E-state index in [0.717, 1.165) is 12.0 Å². The number of ether oxygens (including phenoxy) is 10. The molecule has 7 saturated heterocycles. The number of nitrogens with one attached hydrogen (secondary N) is 8. The second-order valence-electron chi connectivity index (χ2n) is 39.0. The van der Waals surface area contributed by atoms with Crippen molar-refractivity contribution in [2.45, 2.75) is 325 Å². The summed E-state index contributed by atoms with van der Waals surface area (Å²) in [7, 11) is 0. The van der Waals surface area contributed by atoms with Gasteiger partial charge < -0.3 is 72.9 Å². The number of benzene rings is 1. The largest absolute Gasteiger partial charge is 0.444 e. The molecule has 7 aliphatic rings. The van der Waals surface area contributed by atoms with Gasteiger partial charge >= 0.3 is 53.2 Å². The number of carbonyl (C=O) groups is 5. The number of aromatic nitrogens is 8. The zero-order chi connectivity index (χ0) is 98.0. The lowest BCUT2D eigenvalue weighted by atomic mass is 9.88. The first kappa shape index (κ1) is 103. The number of hydrogen-bond donors (Lipinski definition) is 10. The summed E-state index contributed by atoms with van der Waals surface area (Å²) < 4.78 is 63.8. The number of H-pyrrole nitrogens is 4. The second kappa shape index (κ2) is 39.4. The van der Waals surface area contributed by atoms with Crippen molar-refractivity contribution < 1.29 is 76.4 Å². The smallest absolute Gasteiger partial charge is 0.437 e. The predicted octanol–water partition coefficient (Wildman–Crippen LogP) is 7.47. The van der Waals surface area contributed by atoms with Crippen LogP contribution in [0.5, 0.6) is 0 Å². The zero-order valence-corrected chi connectivity index (χ0v) is 79.9. The third-order valence-corrected chi connectivity index (χ3v) is 23.7. The summed E-state index contributed by atoms with van der Waals surface area (Å²) in [6, 6.07) is 7.43. The lowest BCUT2D eigenvalue weighted by Gasteiger charge is -2.39. The van der Waals surface area contributed by atoms with Crippen LogP contribution < -0.4 is 66.7 Å². The second-order valence-corrected chi connectivity index (χ2v) is 39.0. The fourth-order valence-electron chi connectivity index (χ4n) is 17.2. The lowest BCUT2D eigenvalue weighted by Crippen LogP contribution is -2.55. The van der Waals surface area contributed by atoms with Crippen molar-refractivity contribution in [2.24, 2.45) is 38.5 Å². The highest BCUT2D eigenvalue weighted by molar-refractivity contribution is 6.00. The Morgan fingerprint density at radius 2 is 0.779 bits per heavy atom. The third-order valence-electron chi connectivity index (χ3n) is 23.7. The Kier molecular flexibility index (Phi) is 31.0. The molecule has 0 radical (unpaired) electrons. The topological polar surface area (TPSA) is 550 Å². The van der Waals surface area contributed by atoms with Gasteiger partial charge in [-0.05, 0) is 170 Å². The van der Waals surface area contributed by atoms with Gasteiger partial charge in [0, 0.05) is 64.8 Å². The van der Waals surface area contributed by atoms with Gasteiger partial charge in [0.25, 0.3) is 22.2 Å². The van der Waals surface area contributed by atoms with Crippen LogP contribution in [-0.2, 0) is 54.0 Å². The number of carbonyl (C=O) groups excluding carboxylic acids is 5. The molecular weight excluding hydrogens is 1710 g/mol. The number of nitrogens with two attached hydrogens (primary N) is 1. The number of aromatic amines is 4. The fourth-order valence-corrected chi connectivity index (χ4v) is 17.2. The van der Waals surface area contributed by atoms with Crippen LogP contribution in [0.3, 0.4) is 0 Å². The number of nitrogens with zero attached hydrogens (tertiary/aromatic N) is 10. The van der Waals surface area contributed by atoms with Crippen molar-refractivity contribution in [1.82, 2.24) is 68.9 Å². The standard InChI is InChI=1S/C26H36N4O7.2C24H37N5O7.C14H21N5O3/c1-7-26(15-31)20(35-14-18-11-9-8-10-12-18)19(27-17(3)28-24(34)37-25(4,5)6)22(36-26)30-13-16(2)21(32)29-23(30)33;2*1-10-24-12-29(15(14(24)3)17(34-24)28-11-13(2)16(30)25-19(28)31)18(26-20(32)35-22(4,5)6)27-21(33)36-23(7,8)9;1-4-14-6-19(12(15)16)9(8(14)3)11(22-14)18-5-7(2)10(20)17-13(18)21/h8-13,19-20,22,31H,7,14-15H2,1-6H3,(H,27,28,34)(H,29,32,33);2*11,14-15,17H,10,12H2,1-9H3,(H,25,30,31)(H,26,27,32,33);5,8-9,11H,4,6H2,1-3H3,(H3,15,16)(H,17,20,21)/t19-,20?,22+,26-;2*14?,15-,17+,24-;8?,9-,11+,14-/m0000/s1. The quantitative estimate of drug-likeness (QED) is 0.0310. The van der Waals surface area contributed by atoms with E-state index in [2.05, 4.69) is 57.8 Å². The highest BCUT2D eigenvalue weighted by atomic mass is 16.6. The van der Waals surface area contributed by atoms with Crippen molar-refractivity contribution >= 4 is 54.2 Å².